The van der Waals surface area contributed by atoms with Crippen LogP contribution in [0.4, 0.5) is 0 Å². The molecule has 4 atom stereocenters. The maximum absolute atomic E-state index is 12.5. The van der Waals surface area contributed by atoms with Crippen molar-refractivity contribution in [1.29, 1.82) is 0 Å². The molecule has 0 saturated carbocycles. The fourth-order valence-electron chi connectivity index (χ4n) is 6.68. The quantitative estimate of drug-likeness (QED) is 0.206. The second-order valence-corrected chi connectivity index (χ2v) is 11.8. The zero-order chi connectivity index (χ0) is 30.8. The van der Waals surface area contributed by atoms with Crippen LogP contribution in [-0.2, 0) is 31.4 Å². The van der Waals surface area contributed by atoms with Crippen LogP contribution in [0, 0.1) is 18.8 Å². The molecule has 1 aromatic heterocycles. The van der Waals surface area contributed by atoms with Gasteiger partial charge in [-0.2, -0.15) is 5.70 Å². The van der Waals surface area contributed by atoms with Crippen molar-refractivity contribution < 1.29 is 41.6 Å². The van der Waals surface area contributed by atoms with E-state index in [2.05, 4.69) is 13.2 Å². The molecule has 9 nitrogen and oxygen atoms in total. The number of carboxylic acids is 1. The van der Waals surface area contributed by atoms with Crippen LogP contribution in [-0.4, -0.2) is 33.4 Å². The number of carboxylic acid groups (broad SMARTS) is 1. The fourth-order valence-corrected chi connectivity index (χ4v) is 6.68. The Kier molecular flexibility index (Phi) is 7.99. The van der Waals surface area contributed by atoms with Crippen LogP contribution in [0.1, 0.15) is 69.0 Å². The Morgan fingerprint density at radius 3 is 2.43 bits per heavy atom. The van der Waals surface area contributed by atoms with Gasteiger partial charge in [0, 0.05) is 25.2 Å². The number of carbonyl (C=O) groups excluding carboxylic acids is 1. The average Bonchev–Trinajstić information content (AvgIpc) is 3.69. The third-order valence-electron chi connectivity index (χ3n) is 9.36. The minimum atomic E-state index is -1.67. The monoisotopic (exact) mass is 634 g/mol. The van der Waals surface area contributed by atoms with E-state index < -0.39 is 23.1 Å². The van der Waals surface area contributed by atoms with Crippen molar-refractivity contribution in [1.82, 2.24) is 4.98 Å². The number of ether oxygens (including phenoxy) is 1. The molecule has 2 saturated heterocycles. The predicted molar refractivity (Wildman–Crippen MR) is 165 cm³/mol. The Bertz CT molecular complexity index is 1680. The van der Waals surface area contributed by atoms with E-state index in [9.17, 15) is 19.8 Å². The summed E-state index contributed by atoms with van der Waals surface area (Å²) in [5.74, 6) is -1.65. The first kappa shape index (κ1) is 31.4. The number of carbonyl (C=O) groups is 2. The smallest absolute Gasteiger partial charge is 0.661 e. The number of fused-ring (bicyclic) bond motifs is 9. The van der Waals surface area contributed by atoms with E-state index in [1.807, 2.05) is 39.0 Å². The van der Waals surface area contributed by atoms with Gasteiger partial charge in [0.15, 0.2) is 0 Å². The van der Waals surface area contributed by atoms with Crippen LogP contribution >= 0.6 is 0 Å². The third kappa shape index (κ3) is 4.72. The average molecular weight is 635 g/mol. The molecule has 1 spiro atoms. The first-order valence-corrected chi connectivity index (χ1v) is 14.4. The maximum Gasteiger partial charge on any atom is 4.00 e. The summed E-state index contributed by atoms with van der Waals surface area (Å²) in [5, 5.41) is 36.3. The molecule has 2 N–H and O–H groups in total. The topological polar surface area (TPSA) is 140 Å². The number of hydrogen-bond donors (Lipinski definition) is 2. The van der Waals surface area contributed by atoms with Gasteiger partial charge in [0.05, 0.1) is 0 Å². The molecule has 44 heavy (non-hydrogen) atoms. The van der Waals surface area contributed by atoms with Gasteiger partial charge in [0.2, 0.25) is 0 Å². The largest absolute Gasteiger partial charge is 4.00 e. The second kappa shape index (κ2) is 11.2. The number of hydrogen-bond acceptors (Lipinski definition) is 4. The van der Waals surface area contributed by atoms with Gasteiger partial charge >= 0.3 is 29.0 Å². The van der Waals surface area contributed by atoms with Crippen LogP contribution in [0.3, 0.4) is 0 Å². The van der Waals surface area contributed by atoms with Crippen LogP contribution in [0.5, 0.6) is 0 Å². The summed E-state index contributed by atoms with van der Waals surface area (Å²) in [6.07, 6.45) is 11.5. The van der Waals surface area contributed by atoms with Crippen molar-refractivity contribution in [3.05, 3.63) is 115 Å². The molecule has 6 rings (SSSR count). The summed E-state index contributed by atoms with van der Waals surface area (Å²) in [6.45, 7) is 15.6. The molecule has 5 aliphatic heterocycles. The molecule has 1 aromatic rings. The van der Waals surface area contributed by atoms with Crippen molar-refractivity contribution in [2.24, 2.45) is 11.8 Å². The molecule has 5 aliphatic rings. The van der Waals surface area contributed by atoms with E-state index in [0.29, 0.717) is 22.8 Å². The van der Waals surface area contributed by atoms with Crippen LogP contribution in [0.2, 0.25) is 0 Å². The molecular weight excluding hydrogens is 600 g/mol. The van der Waals surface area contributed by atoms with Gasteiger partial charge in [-0.05, 0) is 38.7 Å². The Labute approximate surface area is 267 Å². The van der Waals surface area contributed by atoms with Crippen molar-refractivity contribution in [3.63, 3.8) is 0 Å². The van der Waals surface area contributed by atoms with Crippen LogP contribution in [0.15, 0.2) is 76.7 Å². The van der Waals surface area contributed by atoms with Crippen molar-refractivity contribution in [2.75, 3.05) is 0 Å². The minimum absolute atomic E-state index is 0. The molecule has 2 fully saturated rings. The summed E-state index contributed by atoms with van der Waals surface area (Å²) in [5.41, 5.74) is 5.27. The van der Waals surface area contributed by atoms with Crippen molar-refractivity contribution in [3.8, 4) is 0 Å². The van der Waals surface area contributed by atoms with Gasteiger partial charge < -0.3 is 35.9 Å². The van der Waals surface area contributed by atoms with E-state index in [1.54, 1.807) is 25.2 Å². The number of aromatic nitrogens is 1. The van der Waals surface area contributed by atoms with E-state index >= 15 is 0 Å². The van der Waals surface area contributed by atoms with Crippen molar-refractivity contribution >= 4 is 30.2 Å². The van der Waals surface area contributed by atoms with Gasteiger partial charge in [-0.3, -0.25) is 9.59 Å². The number of rotatable bonds is 5. The molecule has 228 valence electrons. The van der Waals surface area contributed by atoms with Gasteiger partial charge in [-0.25, -0.2) is 0 Å². The molecule has 2 unspecified atom stereocenters. The molecule has 10 heteroatoms. The van der Waals surface area contributed by atoms with Crippen molar-refractivity contribution in [2.45, 2.75) is 64.6 Å². The number of aliphatic carboxylic acids is 1. The summed E-state index contributed by atoms with van der Waals surface area (Å²) in [7, 11) is 0. The Morgan fingerprint density at radius 2 is 1.80 bits per heavy atom. The summed E-state index contributed by atoms with van der Waals surface area (Å²) in [4.78, 5) is 29.0. The standard InChI is InChI=1S/C34H34N4O5.Fe/c1-7-20-17(3)23-13-24-19(5)22(9-10-31(39)40)28(37-24)16-30-34(12-11-32(41)43-34)33(6,42)29(38-30)15-27-21(8-2)18(4)25(36-27)14-26(20)35-23;/h7-8,13-16,19-20,42H,1-2,9-12H2,3-6H3,(H,39,40);/q-4;+4/b24-13-,26-14-,29-15-,30-16-;/t19?,20?,33-,34+;/m0./s1. The van der Waals surface area contributed by atoms with E-state index in [4.69, 9.17) is 25.7 Å². The minimum Gasteiger partial charge on any atom is -0.661 e. The van der Waals surface area contributed by atoms with Gasteiger partial charge in [0.1, 0.15) is 11.2 Å². The molecule has 8 bridgehead atoms. The van der Waals surface area contributed by atoms with Gasteiger partial charge in [0.25, 0.3) is 0 Å². The number of nitrogens with zero attached hydrogens (tertiary/aromatic N) is 4. The normalized spacial score (nSPS) is 33.4. The van der Waals surface area contributed by atoms with Gasteiger partial charge in [-0.15, -0.1) is 46.5 Å². The van der Waals surface area contributed by atoms with E-state index in [0.717, 1.165) is 45.1 Å². The molecule has 6 heterocycles. The Balaban J connectivity index is 0.00000384. The Hall–Kier alpha value is -3.98. The molecule has 0 amide bonds. The predicted octanol–water partition coefficient (Wildman–Crippen LogP) is 6.88. The van der Waals surface area contributed by atoms with Crippen LogP contribution in [0.25, 0.3) is 34.2 Å². The maximum atomic E-state index is 12.5. The summed E-state index contributed by atoms with van der Waals surface area (Å²) >= 11 is 0. The molecule has 0 radical (unpaired) electrons. The number of esters is 1. The zero-order valence-electron chi connectivity index (χ0n) is 25.1. The first-order chi connectivity index (χ1) is 20.4. The SMILES string of the molecule is C=Cc1c2[n-]c(c1C)/C=C1\[N-]C(=C(C)C1C=C)/C=C1\[N-]C(=C(CCC(=O)O)C1C)/C=C1\[N-]/C(=C\2)[C@](C)(O)[C@@]12CCC(=O)O2.[Fe+4]. The molecule has 0 aliphatic carbocycles. The van der Waals surface area contributed by atoms with Crippen LogP contribution < -0.4 is 4.98 Å². The fraction of sp³-hybridized carbons (Fsp3) is 0.353. The molecule has 0 aromatic carbocycles. The zero-order valence-corrected chi connectivity index (χ0v) is 26.2. The first-order valence-electron chi connectivity index (χ1n) is 14.4. The molecular formula is C34H34FeN4O5. The van der Waals surface area contributed by atoms with E-state index in [1.165, 1.54) is 0 Å². The summed E-state index contributed by atoms with van der Waals surface area (Å²) in [6, 6.07) is 0. The second-order valence-electron chi connectivity index (χ2n) is 11.8. The van der Waals surface area contributed by atoms with E-state index in [-0.39, 0.29) is 54.6 Å². The summed E-state index contributed by atoms with van der Waals surface area (Å²) < 4.78 is 5.90. The number of aliphatic hydroxyl groups is 1. The Morgan fingerprint density at radius 1 is 1.07 bits per heavy atom. The number of allylic oxidation sites excluding steroid dienone is 4. The third-order valence-corrected chi connectivity index (χ3v) is 9.36. The van der Waals surface area contributed by atoms with Gasteiger partial charge in [-0.1, -0.05) is 66.7 Å².